The molecule has 0 aliphatic heterocycles. The van der Waals surface area contributed by atoms with Crippen molar-refractivity contribution in [1.29, 1.82) is 0 Å². The highest BCUT2D eigenvalue weighted by Gasteiger charge is 2.21. The lowest BCUT2D eigenvalue weighted by Crippen LogP contribution is -2.20. The van der Waals surface area contributed by atoms with Gasteiger partial charge in [-0.25, -0.2) is 0 Å². The zero-order valence-electron chi connectivity index (χ0n) is 18.5. The van der Waals surface area contributed by atoms with Crippen molar-refractivity contribution in [2.75, 3.05) is 6.61 Å². The molecule has 2 N–H and O–H groups in total. The number of unbranched alkanes of at least 4 members (excludes halogenated alkanes) is 16. The number of hydrogen-bond acceptors (Lipinski definition) is 3. The molecule has 170 valence electrons. The van der Waals surface area contributed by atoms with Crippen LogP contribution in [0.2, 0.25) is 0 Å². The molecule has 0 aromatic carbocycles. The highest BCUT2D eigenvalue weighted by atomic mass is 32.2. The monoisotopic (exact) mass is 420 g/mol. The van der Waals surface area contributed by atoms with Gasteiger partial charge in [0, 0.05) is 6.61 Å². The fourth-order valence-corrected chi connectivity index (χ4v) is 4.76. The minimum Gasteiger partial charge on any atom is -0.396 e. The molecule has 0 saturated carbocycles. The van der Waals surface area contributed by atoms with Crippen LogP contribution < -0.4 is 0 Å². The fraction of sp³-hybridized carbons (Fsp3) is 1.00. The van der Waals surface area contributed by atoms with Crippen LogP contribution in [0.1, 0.15) is 135 Å². The van der Waals surface area contributed by atoms with Gasteiger partial charge < -0.3 is 5.11 Å². The third-order valence-electron chi connectivity index (χ3n) is 5.74. The third-order valence-corrected chi connectivity index (χ3v) is 7.05. The molecule has 0 aromatic rings. The van der Waals surface area contributed by atoms with Crippen LogP contribution in [-0.4, -0.2) is 29.9 Å². The standard InChI is InChI=1S/C23H48O4S/c1-2-3-20-23(28(25,26)27)21-18-16-14-12-10-8-6-4-5-7-9-11-13-15-17-19-22-24/h23-24H,2-22H2,1H3,(H,25,26,27). The van der Waals surface area contributed by atoms with Crippen LogP contribution in [0.5, 0.6) is 0 Å². The molecular weight excluding hydrogens is 372 g/mol. The van der Waals surface area contributed by atoms with Gasteiger partial charge in [0.1, 0.15) is 0 Å². The van der Waals surface area contributed by atoms with Gasteiger partial charge in [0.05, 0.1) is 5.25 Å². The Balaban J connectivity index is 3.33. The number of aliphatic hydroxyl groups is 1. The highest BCUT2D eigenvalue weighted by Crippen LogP contribution is 2.18. The molecule has 0 rings (SSSR count). The van der Waals surface area contributed by atoms with Gasteiger partial charge in [0.2, 0.25) is 0 Å². The lowest BCUT2D eigenvalue weighted by molar-refractivity contribution is 0.282. The molecule has 5 heteroatoms. The largest absolute Gasteiger partial charge is 0.396 e. The van der Waals surface area contributed by atoms with Crippen LogP contribution >= 0.6 is 0 Å². The van der Waals surface area contributed by atoms with E-state index in [2.05, 4.69) is 0 Å². The molecule has 1 atom stereocenters. The minimum atomic E-state index is -3.87. The summed E-state index contributed by atoms with van der Waals surface area (Å²) in [7, 11) is -3.87. The number of rotatable bonds is 22. The van der Waals surface area contributed by atoms with E-state index in [0.29, 0.717) is 19.4 Å². The van der Waals surface area contributed by atoms with Crippen LogP contribution in [0.4, 0.5) is 0 Å². The third kappa shape index (κ3) is 19.2. The zero-order valence-corrected chi connectivity index (χ0v) is 19.4. The maximum atomic E-state index is 11.4. The lowest BCUT2D eigenvalue weighted by atomic mass is 10.0. The molecule has 0 heterocycles. The van der Waals surface area contributed by atoms with Gasteiger partial charge in [-0.05, 0) is 19.3 Å². The van der Waals surface area contributed by atoms with Gasteiger partial charge in [0.25, 0.3) is 10.1 Å². The summed E-state index contributed by atoms with van der Waals surface area (Å²) >= 11 is 0. The van der Waals surface area contributed by atoms with Gasteiger partial charge in [0.15, 0.2) is 0 Å². The molecule has 0 amide bonds. The van der Waals surface area contributed by atoms with Crippen molar-refractivity contribution in [1.82, 2.24) is 0 Å². The second-order valence-corrected chi connectivity index (χ2v) is 10.1. The molecule has 0 bridgehead atoms. The van der Waals surface area contributed by atoms with E-state index in [1.54, 1.807) is 0 Å². The van der Waals surface area contributed by atoms with E-state index in [0.717, 1.165) is 32.1 Å². The van der Waals surface area contributed by atoms with Gasteiger partial charge in [-0.3, -0.25) is 4.55 Å². The lowest BCUT2D eigenvalue weighted by Gasteiger charge is -2.13. The molecular formula is C23H48O4S. The predicted molar refractivity (Wildman–Crippen MR) is 120 cm³/mol. The van der Waals surface area contributed by atoms with Crippen LogP contribution in [0.25, 0.3) is 0 Å². The fourth-order valence-electron chi connectivity index (χ4n) is 3.83. The number of aliphatic hydroxyl groups excluding tert-OH is 1. The van der Waals surface area contributed by atoms with E-state index in [4.69, 9.17) is 5.11 Å². The van der Waals surface area contributed by atoms with Crippen molar-refractivity contribution in [3.63, 3.8) is 0 Å². The summed E-state index contributed by atoms with van der Waals surface area (Å²) < 4.78 is 32.1. The maximum absolute atomic E-state index is 11.4. The molecule has 0 spiro atoms. The first-order valence-electron chi connectivity index (χ1n) is 12.1. The van der Waals surface area contributed by atoms with E-state index in [9.17, 15) is 13.0 Å². The maximum Gasteiger partial charge on any atom is 0.267 e. The average molecular weight is 421 g/mol. The first-order chi connectivity index (χ1) is 13.5. The molecule has 4 nitrogen and oxygen atoms in total. The highest BCUT2D eigenvalue weighted by molar-refractivity contribution is 7.86. The van der Waals surface area contributed by atoms with Crippen LogP contribution in [0.15, 0.2) is 0 Å². The molecule has 0 radical (unpaired) electrons. The van der Waals surface area contributed by atoms with E-state index < -0.39 is 15.4 Å². The topological polar surface area (TPSA) is 74.6 Å². The molecule has 0 fully saturated rings. The Kier molecular flexibility index (Phi) is 20.1. The first-order valence-corrected chi connectivity index (χ1v) is 13.6. The number of hydrogen-bond donors (Lipinski definition) is 2. The molecule has 0 saturated heterocycles. The van der Waals surface area contributed by atoms with Gasteiger partial charge in [-0.15, -0.1) is 0 Å². The van der Waals surface area contributed by atoms with Gasteiger partial charge in [-0.1, -0.05) is 116 Å². The summed E-state index contributed by atoms with van der Waals surface area (Å²) in [5.41, 5.74) is 0. The molecule has 0 aliphatic carbocycles. The quantitative estimate of drug-likeness (QED) is 0.145. The van der Waals surface area contributed by atoms with Crippen molar-refractivity contribution < 1.29 is 18.1 Å². The SMILES string of the molecule is CCCCC(CCCCCCCCCCCCCCCCCCO)S(=O)(=O)O. The summed E-state index contributed by atoms with van der Waals surface area (Å²) in [5.74, 6) is 0. The van der Waals surface area contributed by atoms with Crippen molar-refractivity contribution in [2.45, 2.75) is 141 Å². The van der Waals surface area contributed by atoms with E-state index in [1.165, 1.54) is 83.5 Å². The first kappa shape index (κ1) is 27.9. The molecule has 0 aromatic heterocycles. The molecule has 0 aliphatic rings. The predicted octanol–water partition coefficient (Wildman–Crippen LogP) is 7.06. The van der Waals surface area contributed by atoms with Crippen LogP contribution in [0, 0.1) is 0 Å². The van der Waals surface area contributed by atoms with E-state index in [1.807, 2.05) is 6.92 Å². The normalized spacial score (nSPS) is 13.1. The van der Waals surface area contributed by atoms with Crippen LogP contribution in [-0.2, 0) is 10.1 Å². The molecule has 1 unspecified atom stereocenters. The Hall–Kier alpha value is -0.130. The van der Waals surface area contributed by atoms with E-state index >= 15 is 0 Å². The Morgan fingerprint density at radius 3 is 1.21 bits per heavy atom. The smallest absolute Gasteiger partial charge is 0.267 e. The summed E-state index contributed by atoms with van der Waals surface area (Å²) in [5, 5.41) is 8.18. The molecule has 28 heavy (non-hydrogen) atoms. The van der Waals surface area contributed by atoms with E-state index in [-0.39, 0.29) is 0 Å². The summed E-state index contributed by atoms with van der Waals surface area (Å²) in [4.78, 5) is 0. The Labute approximate surface area is 175 Å². The Morgan fingerprint density at radius 2 is 0.893 bits per heavy atom. The van der Waals surface area contributed by atoms with Crippen molar-refractivity contribution >= 4 is 10.1 Å². The zero-order chi connectivity index (χ0) is 20.9. The summed E-state index contributed by atoms with van der Waals surface area (Å²) in [6, 6.07) is 0. The van der Waals surface area contributed by atoms with Crippen molar-refractivity contribution in [3.8, 4) is 0 Å². The van der Waals surface area contributed by atoms with Gasteiger partial charge >= 0.3 is 0 Å². The van der Waals surface area contributed by atoms with Crippen molar-refractivity contribution in [3.05, 3.63) is 0 Å². The van der Waals surface area contributed by atoms with Crippen LogP contribution in [0.3, 0.4) is 0 Å². The van der Waals surface area contributed by atoms with Crippen molar-refractivity contribution in [2.24, 2.45) is 0 Å². The Morgan fingerprint density at radius 1 is 0.571 bits per heavy atom. The summed E-state index contributed by atoms with van der Waals surface area (Å²) in [6.45, 7) is 2.39. The second-order valence-electron chi connectivity index (χ2n) is 8.45. The average Bonchev–Trinajstić information content (AvgIpc) is 2.65. The Bertz CT molecular complexity index is 409. The summed E-state index contributed by atoms with van der Waals surface area (Å²) in [6.07, 6.45) is 23.0. The minimum absolute atomic E-state index is 0.341. The second kappa shape index (κ2) is 20.2. The van der Waals surface area contributed by atoms with Gasteiger partial charge in [-0.2, -0.15) is 8.42 Å².